The Labute approximate surface area is 107 Å². The van der Waals surface area contributed by atoms with Crippen LogP contribution >= 0.6 is 12.6 Å². The molecule has 2 aromatic carbocycles. The molecule has 0 aliphatic heterocycles. The lowest BCUT2D eigenvalue weighted by Crippen LogP contribution is -2.02. The first-order valence-electron chi connectivity index (χ1n) is 5.64. The Morgan fingerprint density at radius 1 is 1.06 bits per heavy atom. The van der Waals surface area contributed by atoms with Gasteiger partial charge in [-0.2, -0.15) is 0 Å². The third-order valence-corrected chi connectivity index (χ3v) is 3.16. The zero-order chi connectivity index (χ0) is 12.3. The van der Waals surface area contributed by atoms with E-state index in [9.17, 15) is 4.79 Å². The fraction of sp³-hybridized carbons (Fsp3) is 0.133. The summed E-state index contributed by atoms with van der Waals surface area (Å²) in [6.07, 6.45) is 0.984. The molecule has 0 aromatic heterocycles. The van der Waals surface area contributed by atoms with Crippen LogP contribution in [0.4, 0.5) is 0 Å². The molecule has 86 valence electrons. The zero-order valence-corrected chi connectivity index (χ0v) is 10.6. The standard InChI is InChI=1S/C15H14OS/c1-2-11-7-9-12(10-8-11)15(16)13-5-3-4-6-14(13)17/h3-10,17H,2H2,1H3. The summed E-state index contributed by atoms with van der Waals surface area (Å²) in [5, 5.41) is 0. The number of ketones is 1. The molecule has 2 aromatic rings. The third kappa shape index (κ3) is 2.59. The van der Waals surface area contributed by atoms with Crippen LogP contribution in [-0.2, 0) is 6.42 Å². The van der Waals surface area contributed by atoms with Crippen molar-refractivity contribution in [2.24, 2.45) is 0 Å². The molecule has 0 saturated carbocycles. The second-order valence-electron chi connectivity index (χ2n) is 3.90. The average molecular weight is 242 g/mol. The minimum Gasteiger partial charge on any atom is -0.289 e. The van der Waals surface area contributed by atoms with Crippen LogP contribution in [0.2, 0.25) is 0 Å². The van der Waals surface area contributed by atoms with Gasteiger partial charge in [0.15, 0.2) is 5.78 Å². The Morgan fingerprint density at radius 2 is 1.71 bits per heavy atom. The van der Waals surface area contributed by atoms with Crippen molar-refractivity contribution in [1.82, 2.24) is 0 Å². The summed E-state index contributed by atoms with van der Waals surface area (Å²) in [6.45, 7) is 2.10. The number of aryl methyl sites for hydroxylation is 1. The number of carbonyl (C=O) groups excluding carboxylic acids is 1. The van der Waals surface area contributed by atoms with E-state index in [2.05, 4.69) is 19.6 Å². The van der Waals surface area contributed by atoms with Crippen molar-refractivity contribution >= 4 is 18.4 Å². The summed E-state index contributed by atoms with van der Waals surface area (Å²) in [5.41, 5.74) is 2.60. The summed E-state index contributed by atoms with van der Waals surface area (Å²) in [5.74, 6) is 0.0262. The van der Waals surface area contributed by atoms with Crippen molar-refractivity contribution in [3.63, 3.8) is 0 Å². The van der Waals surface area contributed by atoms with E-state index in [1.54, 1.807) is 6.07 Å². The smallest absolute Gasteiger partial charge is 0.194 e. The highest BCUT2D eigenvalue weighted by Crippen LogP contribution is 2.18. The van der Waals surface area contributed by atoms with Gasteiger partial charge < -0.3 is 0 Å². The third-order valence-electron chi connectivity index (χ3n) is 2.77. The molecule has 0 spiro atoms. The molecule has 0 atom stereocenters. The Hall–Kier alpha value is -1.54. The van der Waals surface area contributed by atoms with Crippen LogP contribution < -0.4 is 0 Å². The topological polar surface area (TPSA) is 17.1 Å². The van der Waals surface area contributed by atoms with E-state index in [1.807, 2.05) is 42.5 Å². The predicted molar refractivity (Wildman–Crippen MR) is 72.9 cm³/mol. The van der Waals surface area contributed by atoms with E-state index in [1.165, 1.54) is 5.56 Å². The van der Waals surface area contributed by atoms with Gasteiger partial charge in [-0.1, -0.05) is 43.3 Å². The second-order valence-corrected chi connectivity index (χ2v) is 4.38. The molecule has 0 unspecified atom stereocenters. The van der Waals surface area contributed by atoms with Crippen molar-refractivity contribution in [2.75, 3.05) is 0 Å². The number of hydrogen-bond acceptors (Lipinski definition) is 2. The number of rotatable bonds is 3. The second kappa shape index (κ2) is 5.19. The molecule has 0 heterocycles. The van der Waals surface area contributed by atoms with E-state index in [4.69, 9.17) is 0 Å². The van der Waals surface area contributed by atoms with E-state index in [0.29, 0.717) is 11.1 Å². The van der Waals surface area contributed by atoms with Crippen LogP contribution in [0.1, 0.15) is 28.4 Å². The highest BCUT2D eigenvalue weighted by Gasteiger charge is 2.10. The molecule has 0 aliphatic carbocycles. The normalized spacial score (nSPS) is 10.2. The molecule has 0 N–H and O–H groups in total. The average Bonchev–Trinajstić information content (AvgIpc) is 2.39. The van der Waals surface area contributed by atoms with Crippen molar-refractivity contribution in [3.8, 4) is 0 Å². The molecule has 0 fully saturated rings. The Morgan fingerprint density at radius 3 is 2.29 bits per heavy atom. The number of carbonyl (C=O) groups is 1. The predicted octanol–water partition coefficient (Wildman–Crippen LogP) is 3.77. The van der Waals surface area contributed by atoms with E-state index >= 15 is 0 Å². The summed E-state index contributed by atoms with van der Waals surface area (Å²) >= 11 is 4.31. The minimum atomic E-state index is 0.0262. The van der Waals surface area contributed by atoms with E-state index < -0.39 is 0 Å². The first-order valence-corrected chi connectivity index (χ1v) is 6.08. The van der Waals surface area contributed by atoms with Gasteiger partial charge in [0.25, 0.3) is 0 Å². The van der Waals surface area contributed by atoms with Gasteiger partial charge >= 0.3 is 0 Å². The molecule has 0 aliphatic rings. The summed E-state index contributed by atoms with van der Waals surface area (Å²) in [4.78, 5) is 12.9. The fourth-order valence-electron chi connectivity index (χ4n) is 1.71. The van der Waals surface area contributed by atoms with Gasteiger partial charge in [-0.3, -0.25) is 4.79 Å². The van der Waals surface area contributed by atoms with E-state index in [0.717, 1.165) is 11.3 Å². The van der Waals surface area contributed by atoms with Gasteiger partial charge in [-0.05, 0) is 24.1 Å². The molecular weight excluding hydrogens is 228 g/mol. The molecule has 0 saturated heterocycles. The van der Waals surface area contributed by atoms with Gasteiger partial charge in [0.1, 0.15) is 0 Å². The van der Waals surface area contributed by atoms with Gasteiger partial charge in [0, 0.05) is 16.0 Å². The maximum Gasteiger partial charge on any atom is 0.194 e. The van der Waals surface area contributed by atoms with Gasteiger partial charge in [-0.25, -0.2) is 0 Å². The van der Waals surface area contributed by atoms with Gasteiger partial charge in [0.2, 0.25) is 0 Å². The van der Waals surface area contributed by atoms with Crippen LogP contribution in [0, 0.1) is 0 Å². The Kier molecular flexibility index (Phi) is 3.64. The summed E-state index contributed by atoms with van der Waals surface area (Å²) < 4.78 is 0. The molecular formula is C15H14OS. The molecule has 2 rings (SSSR count). The first kappa shape index (κ1) is 11.9. The molecule has 2 heteroatoms. The molecule has 1 nitrogen and oxygen atoms in total. The maximum absolute atomic E-state index is 12.2. The maximum atomic E-state index is 12.2. The number of benzene rings is 2. The van der Waals surface area contributed by atoms with Crippen molar-refractivity contribution in [1.29, 1.82) is 0 Å². The molecule has 0 amide bonds. The lowest BCUT2D eigenvalue weighted by Gasteiger charge is -2.04. The highest BCUT2D eigenvalue weighted by molar-refractivity contribution is 7.80. The quantitative estimate of drug-likeness (QED) is 0.640. The fourth-order valence-corrected chi connectivity index (χ4v) is 1.98. The van der Waals surface area contributed by atoms with Crippen LogP contribution in [0.3, 0.4) is 0 Å². The zero-order valence-electron chi connectivity index (χ0n) is 9.68. The van der Waals surface area contributed by atoms with Crippen molar-refractivity contribution < 1.29 is 4.79 Å². The monoisotopic (exact) mass is 242 g/mol. The van der Waals surface area contributed by atoms with Crippen molar-refractivity contribution in [2.45, 2.75) is 18.2 Å². The van der Waals surface area contributed by atoms with E-state index in [-0.39, 0.29) is 5.78 Å². The van der Waals surface area contributed by atoms with Gasteiger partial charge in [0.05, 0.1) is 0 Å². The first-order chi connectivity index (χ1) is 8.22. The lowest BCUT2D eigenvalue weighted by atomic mass is 10.0. The van der Waals surface area contributed by atoms with Crippen LogP contribution in [0.15, 0.2) is 53.4 Å². The van der Waals surface area contributed by atoms with Crippen LogP contribution in [0.25, 0.3) is 0 Å². The molecule has 17 heavy (non-hydrogen) atoms. The number of thiol groups is 1. The lowest BCUT2D eigenvalue weighted by molar-refractivity contribution is 0.103. The minimum absolute atomic E-state index is 0.0262. The number of hydrogen-bond donors (Lipinski definition) is 1. The SMILES string of the molecule is CCc1ccc(C(=O)c2ccccc2S)cc1. The van der Waals surface area contributed by atoms with Crippen molar-refractivity contribution in [3.05, 3.63) is 65.2 Å². The Bertz CT molecular complexity index is 529. The van der Waals surface area contributed by atoms with Crippen LogP contribution in [-0.4, -0.2) is 5.78 Å². The molecule has 0 radical (unpaired) electrons. The van der Waals surface area contributed by atoms with Crippen LogP contribution in [0.5, 0.6) is 0 Å². The largest absolute Gasteiger partial charge is 0.289 e. The summed E-state index contributed by atoms with van der Waals surface area (Å²) in [7, 11) is 0. The van der Waals surface area contributed by atoms with Gasteiger partial charge in [-0.15, -0.1) is 12.6 Å². The molecule has 0 bridgehead atoms. The summed E-state index contributed by atoms with van der Waals surface area (Å²) in [6, 6.07) is 15.1. The highest BCUT2D eigenvalue weighted by atomic mass is 32.1. The Balaban J connectivity index is 2.34.